The fraction of sp³-hybridized carbons (Fsp3) is 0.333. The maximum Gasteiger partial charge on any atom is 0.252 e. The van der Waals surface area contributed by atoms with Crippen LogP contribution >= 0.6 is 0 Å². The second-order valence-electron chi connectivity index (χ2n) is 1.88. The maximum atomic E-state index is 6.66. The standard InChI is InChI=1S/C6H7N3/c1-5-4-6(7-2)9(3)8-5/h4H,1,3H3. The van der Waals surface area contributed by atoms with Gasteiger partial charge in [0.25, 0.3) is 5.82 Å². The lowest BCUT2D eigenvalue weighted by atomic mass is 10.5. The fourth-order valence-electron chi connectivity index (χ4n) is 0.702. The van der Waals surface area contributed by atoms with Gasteiger partial charge in [0, 0.05) is 0 Å². The normalized spacial score (nSPS) is 9.00. The highest BCUT2D eigenvalue weighted by Gasteiger charge is 1.98. The number of aromatic nitrogens is 2. The van der Waals surface area contributed by atoms with Crippen molar-refractivity contribution in [1.82, 2.24) is 9.78 Å². The van der Waals surface area contributed by atoms with Crippen molar-refractivity contribution in [3.63, 3.8) is 0 Å². The van der Waals surface area contributed by atoms with Gasteiger partial charge in [0.1, 0.15) is 0 Å². The Labute approximate surface area is 53.7 Å². The van der Waals surface area contributed by atoms with Crippen molar-refractivity contribution in [2.75, 3.05) is 0 Å². The predicted octanol–water partition coefficient (Wildman–Crippen LogP) is 1.28. The molecule has 0 aliphatic rings. The van der Waals surface area contributed by atoms with E-state index in [9.17, 15) is 0 Å². The van der Waals surface area contributed by atoms with Gasteiger partial charge in [-0.05, 0) is 13.0 Å². The third kappa shape index (κ3) is 0.918. The van der Waals surface area contributed by atoms with Crippen molar-refractivity contribution in [2.24, 2.45) is 7.05 Å². The van der Waals surface area contributed by atoms with Gasteiger partial charge in [0.2, 0.25) is 0 Å². The van der Waals surface area contributed by atoms with Gasteiger partial charge in [-0.2, -0.15) is 0 Å². The summed E-state index contributed by atoms with van der Waals surface area (Å²) in [5.74, 6) is 0.590. The maximum absolute atomic E-state index is 6.66. The Balaban J connectivity index is 3.20. The molecule has 1 aromatic heterocycles. The number of hydrogen-bond acceptors (Lipinski definition) is 1. The molecule has 0 radical (unpaired) electrons. The number of aryl methyl sites for hydroxylation is 2. The Morgan fingerprint density at radius 3 is 2.67 bits per heavy atom. The van der Waals surface area contributed by atoms with Gasteiger partial charge in [0.05, 0.1) is 12.7 Å². The van der Waals surface area contributed by atoms with E-state index in [4.69, 9.17) is 6.57 Å². The van der Waals surface area contributed by atoms with Crippen LogP contribution < -0.4 is 0 Å². The van der Waals surface area contributed by atoms with Crippen molar-refractivity contribution in [2.45, 2.75) is 6.92 Å². The van der Waals surface area contributed by atoms with E-state index < -0.39 is 0 Å². The third-order valence-electron chi connectivity index (χ3n) is 1.09. The Hall–Kier alpha value is -1.30. The Kier molecular flexibility index (Phi) is 1.23. The van der Waals surface area contributed by atoms with Gasteiger partial charge >= 0.3 is 0 Å². The van der Waals surface area contributed by atoms with E-state index in [1.54, 1.807) is 17.8 Å². The number of nitrogens with zero attached hydrogens (tertiary/aromatic N) is 3. The van der Waals surface area contributed by atoms with Crippen LogP contribution in [0.4, 0.5) is 5.82 Å². The van der Waals surface area contributed by atoms with Crippen molar-refractivity contribution >= 4 is 5.82 Å². The SMILES string of the molecule is [C-]#[N+]c1cc(C)nn1C. The molecule has 0 spiro atoms. The van der Waals surface area contributed by atoms with E-state index in [2.05, 4.69) is 9.94 Å². The minimum atomic E-state index is 0.590. The topological polar surface area (TPSA) is 22.2 Å². The van der Waals surface area contributed by atoms with Crippen LogP contribution in [0.3, 0.4) is 0 Å². The van der Waals surface area contributed by atoms with Crippen LogP contribution in [0.25, 0.3) is 4.85 Å². The lowest BCUT2D eigenvalue weighted by Crippen LogP contribution is -1.87. The molecule has 9 heavy (non-hydrogen) atoms. The summed E-state index contributed by atoms with van der Waals surface area (Å²) in [6.45, 7) is 8.53. The van der Waals surface area contributed by atoms with Crippen LogP contribution in [0.1, 0.15) is 5.69 Å². The molecular formula is C6H7N3. The lowest BCUT2D eigenvalue weighted by molar-refractivity contribution is 0.770. The minimum absolute atomic E-state index is 0.590. The first-order chi connectivity index (χ1) is 4.24. The van der Waals surface area contributed by atoms with Crippen LogP contribution in [0, 0.1) is 13.5 Å². The van der Waals surface area contributed by atoms with Gasteiger partial charge in [-0.25, -0.2) is 4.68 Å². The molecule has 3 nitrogen and oxygen atoms in total. The third-order valence-corrected chi connectivity index (χ3v) is 1.09. The largest absolute Gasteiger partial charge is 0.362 e. The molecule has 0 saturated heterocycles. The van der Waals surface area contributed by atoms with Crippen LogP contribution in [-0.2, 0) is 7.05 Å². The number of rotatable bonds is 0. The quantitative estimate of drug-likeness (QED) is 0.474. The summed E-state index contributed by atoms with van der Waals surface area (Å²) >= 11 is 0. The molecule has 1 rings (SSSR count). The zero-order valence-electron chi connectivity index (χ0n) is 5.42. The molecule has 0 aliphatic heterocycles. The highest BCUT2D eigenvalue weighted by molar-refractivity contribution is 5.37. The van der Waals surface area contributed by atoms with Gasteiger partial charge in [-0.3, -0.25) is 0 Å². The van der Waals surface area contributed by atoms with E-state index in [0.717, 1.165) is 5.69 Å². The summed E-state index contributed by atoms with van der Waals surface area (Å²) in [6.07, 6.45) is 0. The van der Waals surface area contributed by atoms with Crippen LogP contribution in [0.5, 0.6) is 0 Å². The molecular weight excluding hydrogens is 114 g/mol. The average molecular weight is 121 g/mol. The lowest BCUT2D eigenvalue weighted by Gasteiger charge is -1.83. The van der Waals surface area contributed by atoms with E-state index in [-0.39, 0.29) is 0 Å². The molecule has 0 amide bonds. The number of hydrogen-bond donors (Lipinski definition) is 0. The summed E-state index contributed by atoms with van der Waals surface area (Å²) in [6, 6.07) is 1.76. The molecule has 0 aliphatic carbocycles. The van der Waals surface area contributed by atoms with E-state index in [1.807, 2.05) is 6.92 Å². The Morgan fingerprint density at radius 2 is 2.44 bits per heavy atom. The smallest absolute Gasteiger partial charge is 0.252 e. The van der Waals surface area contributed by atoms with Gasteiger partial charge in [-0.15, -0.1) is 5.10 Å². The second kappa shape index (κ2) is 1.90. The summed E-state index contributed by atoms with van der Waals surface area (Å²) in [4.78, 5) is 3.24. The monoisotopic (exact) mass is 121 g/mol. The van der Waals surface area contributed by atoms with Gasteiger partial charge < -0.3 is 4.85 Å². The molecule has 1 heterocycles. The van der Waals surface area contributed by atoms with Crippen LogP contribution in [0.2, 0.25) is 0 Å². The molecule has 3 heteroatoms. The van der Waals surface area contributed by atoms with Gasteiger partial charge in [0.15, 0.2) is 0 Å². The van der Waals surface area contributed by atoms with Crippen molar-refractivity contribution in [3.05, 3.63) is 23.2 Å². The molecule has 0 atom stereocenters. The molecule has 0 saturated carbocycles. The van der Waals surface area contributed by atoms with Crippen LogP contribution in [-0.4, -0.2) is 9.78 Å². The molecule has 1 aromatic rings. The Bertz CT molecular complexity index is 254. The van der Waals surface area contributed by atoms with Crippen molar-refractivity contribution < 1.29 is 0 Å². The highest BCUT2D eigenvalue weighted by atomic mass is 15.3. The molecule has 0 bridgehead atoms. The Morgan fingerprint density at radius 1 is 1.78 bits per heavy atom. The molecule has 0 fully saturated rings. The van der Waals surface area contributed by atoms with Crippen molar-refractivity contribution in [1.29, 1.82) is 0 Å². The summed E-state index contributed by atoms with van der Waals surface area (Å²) in [7, 11) is 1.76. The van der Waals surface area contributed by atoms with E-state index >= 15 is 0 Å². The second-order valence-corrected chi connectivity index (χ2v) is 1.88. The molecule has 0 unspecified atom stereocenters. The first-order valence-corrected chi connectivity index (χ1v) is 2.62. The zero-order valence-corrected chi connectivity index (χ0v) is 5.42. The first kappa shape index (κ1) is 5.83. The van der Waals surface area contributed by atoms with E-state index in [0.29, 0.717) is 5.82 Å². The van der Waals surface area contributed by atoms with Crippen LogP contribution in [0.15, 0.2) is 6.07 Å². The minimum Gasteiger partial charge on any atom is -0.362 e. The zero-order chi connectivity index (χ0) is 6.85. The fourth-order valence-corrected chi connectivity index (χ4v) is 0.702. The summed E-state index contributed by atoms with van der Waals surface area (Å²) in [5.41, 5.74) is 0.892. The average Bonchev–Trinajstić information content (AvgIpc) is 2.10. The predicted molar refractivity (Wildman–Crippen MR) is 34.2 cm³/mol. The van der Waals surface area contributed by atoms with E-state index in [1.165, 1.54) is 0 Å². The first-order valence-electron chi connectivity index (χ1n) is 2.62. The summed E-state index contributed by atoms with van der Waals surface area (Å²) < 4.78 is 1.57. The highest BCUT2D eigenvalue weighted by Crippen LogP contribution is 2.10. The van der Waals surface area contributed by atoms with Gasteiger partial charge in [-0.1, -0.05) is 6.57 Å². The molecule has 0 aromatic carbocycles. The van der Waals surface area contributed by atoms with Crippen molar-refractivity contribution in [3.8, 4) is 0 Å². The summed E-state index contributed by atoms with van der Waals surface area (Å²) in [5, 5.41) is 3.98. The molecule has 46 valence electrons. The molecule has 0 N–H and O–H groups in total.